The third-order valence-corrected chi connectivity index (χ3v) is 6.15. The maximum Gasteiger partial charge on any atom is 0.124 e. The minimum Gasteiger partial charge on any atom is -0.744 e. The Kier molecular flexibility index (Phi) is 14.9. The van der Waals surface area contributed by atoms with Gasteiger partial charge in [0, 0.05) is 5.02 Å². The Hall–Kier alpha value is -0.620. The topological polar surface area (TPSA) is 57.2 Å². The molecule has 0 N–H and O–H groups in total. The van der Waals surface area contributed by atoms with E-state index in [4.69, 9.17) is 11.6 Å². The highest BCUT2D eigenvalue weighted by atomic mass is 35.5. The quantitative estimate of drug-likeness (QED) is 0.273. The molecule has 0 atom stereocenters. The first-order valence-electron chi connectivity index (χ1n) is 10.8. The van der Waals surface area contributed by atoms with Crippen LogP contribution in [0.4, 0.5) is 0 Å². The summed E-state index contributed by atoms with van der Waals surface area (Å²) in [6, 6.07) is 5.05. The lowest BCUT2D eigenvalue weighted by Crippen LogP contribution is -2.50. The van der Waals surface area contributed by atoms with Gasteiger partial charge in [0.15, 0.2) is 0 Å². The minimum atomic E-state index is -4.33. The molecular weight excluding hydrogens is 394 g/mol. The van der Waals surface area contributed by atoms with Crippen molar-refractivity contribution in [3.8, 4) is 0 Å². The lowest BCUT2D eigenvalue weighted by atomic mass is 10.1. The summed E-state index contributed by atoms with van der Waals surface area (Å²) in [5.41, 5.74) is 0. The number of nitrogens with zero attached hydrogens (tertiary/aromatic N) is 1. The first kappa shape index (κ1) is 27.4. The Labute approximate surface area is 178 Å². The zero-order valence-electron chi connectivity index (χ0n) is 18.3. The van der Waals surface area contributed by atoms with Gasteiger partial charge in [-0.3, -0.25) is 0 Å². The molecule has 0 radical (unpaired) electrons. The number of quaternary nitrogens is 1. The molecule has 0 amide bonds. The van der Waals surface area contributed by atoms with Gasteiger partial charge in [0.05, 0.1) is 31.1 Å². The molecule has 1 aromatic rings. The largest absolute Gasteiger partial charge is 0.744 e. The van der Waals surface area contributed by atoms with Gasteiger partial charge in [-0.25, -0.2) is 8.42 Å². The van der Waals surface area contributed by atoms with Crippen LogP contribution in [0.1, 0.15) is 79.1 Å². The van der Waals surface area contributed by atoms with Crippen molar-refractivity contribution in [3.63, 3.8) is 0 Å². The summed E-state index contributed by atoms with van der Waals surface area (Å²) >= 11 is 5.46. The summed E-state index contributed by atoms with van der Waals surface area (Å²) in [5, 5.41) is 0.400. The first-order chi connectivity index (χ1) is 13.2. The number of benzene rings is 1. The third-order valence-electron chi connectivity index (χ3n) is 5.05. The molecule has 28 heavy (non-hydrogen) atoms. The second-order valence-corrected chi connectivity index (χ2v) is 9.37. The van der Waals surface area contributed by atoms with E-state index in [0.717, 1.165) is 0 Å². The van der Waals surface area contributed by atoms with Crippen molar-refractivity contribution in [1.82, 2.24) is 0 Å². The highest BCUT2D eigenvalue weighted by Crippen LogP contribution is 2.16. The molecule has 0 bridgehead atoms. The van der Waals surface area contributed by atoms with E-state index in [1.807, 2.05) is 0 Å². The van der Waals surface area contributed by atoms with Crippen LogP contribution in [0.15, 0.2) is 29.2 Å². The normalized spacial score (nSPS) is 11.8. The Bertz CT molecular complexity index is 565. The fraction of sp³-hybridized carbons (Fsp3) is 0.727. The Morgan fingerprint density at radius 2 is 1.07 bits per heavy atom. The van der Waals surface area contributed by atoms with Gasteiger partial charge in [0.25, 0.3) is 0 Å². The molecule has 0 aliphatic rings. The van der Waals surface area contributed by atoms with Crippen molar-refractivity contribution in [2.45, 2.75) is 84.0 Å². The van der Waals surface area contributed by atoms with Crippen LogP contribution >= 0.6 is 11.6 Å². The molecule has 0 aliphatic heterocycles. The molecule has 0 aromatic heterocycles. The average molecular weight is 434 g/mol. The van der Waals surface area contributed by atoms with Crippen LogP contribution in [0, 0.1) is 0 Å². The van der Waals surface area contributed by atoms with Gasteiger partial charge < -0.3 is 9.04 Å². The molecule has 0 spiro atoms. The Morgan fingerprint density at radius 3 is 1.32 bits per heavy atom. The minimum absolute atomic E-state index is 0.262. The second-order valence-electron chi connectivity index (χ2n) is 7.56. The van der Waals surface area contributed by atoms with E-state index in [-0.39, 0.29) is 4.90 Å². The summed E-state index contributed by atoms with van der Waals surface area (Å²) in [5.74, 6) is 0. The molecule has 4 nitrogen and oxygen atoms in total. The fourth-order valence-electron chi connectivity index (χ4n) is 3.25. The summed E-state index contributed by atoms with van der Waals surface area (Å²) in [6.45, 7) is 15.0. The summed E-state index contributed by atoms with van der Waals surface area (Å²) in [7, 11) is -4.33. The zero-order chi connectivity index (χ0) is 21.5. The van der Waals surface area contributed by atoms with E-state index in [2.05, 4.69) is 27.7 Å². The number of rotatable bonds is 13. The second kappa shape index (κ2) is 15.3. The highest BCUT2D eigenvalue weighted by Gasteiger charge is 2.24. The summed E-state index contributed by atoms with van der Waals surface area (Å²) in [6.07, 6.45) is 11.1. The standard InChI is InChI=1S/C16H36N.C6H5ClO3S/c1-5-9-13-17(14-10-6-2,15-11-7-3)16-12-8-4;7-5-1-3-6(4-2-5)11(8,9)10/h5-16H2,1-4H3;1-4H,(H,8,9,10)/q+1;/p-1. The van der Waals surface area contributed by atoms with Crippen molar-refractivity contribution in [3.05, 3.63) is 29.3 Å². The first-order valence-corrected chi connectivity index (χ1v) is 12.6. The van der Waals surface area contributed by atoms with E-state index in [1.165, 1.54) is 106 Å². The van der Waals surface area contributed by atoms with E-state index in [0.29, 0.717) is 5.02 Å². The smallest absolute Gasteiger partial charge is 0.124 e. The van der Waals surface area contributed by atoms with Crippen LogP contribution in [0.5, 0.6) is 0 Å². The van der Waals surface area contributed by atoms with Crippen LogP contribution in [0.2, 0.25) is 5.02 Å². The average Bonchev–Trinajstić information content (AvgIpc) is 2.67. The molecule has 1 aromatic carbocycles. The summed E-state index contributed by atoms with van der Waals surface area (Å²) < 4.78 is 32.5. The van der Waals surface area contributed by atoms with Crippen LogP contribution in [0.25, 0.3) is 0 Å². The molecular formula is C22H40ClNO3S. The van der Waals surface area contributed by atoms with Crippen LogP contribution in [-0.4, -0.2) is 43.6 Å². The molecule has 6 heteroatoms. The van der Waals surface area contributed by atoms with Crippen molar-refractivity contribution in [1.29, 1.82) is 0 Å². The zero-order valence-corrected chi connectivity index (χ0v) is 19.8. The summed E-state index contributed by atoms with van der Waals surface area (Å²) in [4.78, 5) is -0.262. The monoisotopic (exact) mass is 433 g/mol. The molecule has 0 heterocycles. The lowest BCUT2D eigenvalue weighted by Gasteiger charge is -2.39. The maximum absolute atomic E-state index is 10.3. The number of halogens is 1. The predicted octanol–water partition coefficient (Wildman–Crippen LogP) is 6.25. The number of hydrogen-bond acceptors (Lipinski definition) is 3. The fourth-order valence-corrected chi connectivity index (χ4v) is 3.84. The van der Waals surface area contributed by atoms with Gasteiger partial charge in [0.2, 0.25) is 0 Å². The van der Waals surface area contributed by atoms with E-state index < -0.39 is 10.1 Å². The molecule has 0 unspecified atom stereocenters. The molecule has 1 rings (SSSR count). The number of unbranched alkanes of at least 4 members (excludes halogenated alkanes) is 4. The van der Waals surface area contributed by atoms with Crippen molar-refractivity contribution < 1.29 is 17.5 Å². The van der Waals surface area contributed by atoms with Crippen LogP contribution in [0.3, 0.4) is 0 Å². The molecule has 0 fully saturated rings. The molecule has 0 saturated carbocycles. The van der Waals surface area contributed by atoms with Crippen molar-refractivity contribution >= 4 is 21.7 Å². The van der Waals surface area contributed by atoms with Crippen molar-refractivity contribution in [2.24, 2.45) is 0 Å². The lowest BCUT2D eigenvalue weighted by molar-refractivity contribution is -0.929. The van der Waals surface area contributed by atoms with Crippen LogP contribution in [-0.2, 0) is 10.1 Å². The van der Waals surface area contributed by atoms with Gasteiger partial charge in [-0.15, -0.1) is 0 Å². The third kappa shape index (κ3) is 12.1. The van der Waals surface area contributed by atoms with Crippen molar-refractivity contribution in [2.75, 3.05) is 26.2 Å². The van der Waals surface area contributed by atoms with Gasteiger partial charge >= 0.3 is 0 Å². The van der Waals surface area contributed by atoms with Gasteiger partial charge in [0.1, 0.15) is 10.1 Å². The van der Waals surface area contributed by atoms with Gasteiger partial charge in [-0.05, 0) is 49.9 Å². The van der Waals surface area contributed by atoms with E-state index in [9.17, 15) is 13.0 Å². The van der Waals surface area contributed by atoms with Gasteiger partial charge in [-0.1, -0.05) is 65.0 Å². The van der Waals surface area contributed by atoms with Gasteiger partial charge in [-0.2, -0.15) is 0 Å². The number of hydrogen-bond donors (Lipinski definition) is 0. The molecule has 0 aliphatic carbocycles. The maximum atomic E-state index is 10.3. The Morgan fingerprint density at radius 1 is 0.750 bits per heavy atom. The van der Waals surface area contributed by atoms with Crippen LogP contribution < -0.4 is 0 Å². The SMILES string of the molecule is CCCC[N+](CCCC)(CCCC)CCCC.O=S(=O)([O-])c1ccc(Cl)cc1. The molecule has 164 valence electrons. The Balaban J connectivity index is 0.000000567. The molecule has 0 saturated heterocycles. The van der Waals surface area contributed by atoms with E-state index >= 15 is 0 Å². The highest BCUT2D eigenvalue weighted by molar-refractivity contribution is 7.85. The predicted molar refractivity (Wildman–Crippen MR) is 119 cm³/mol. The van der Waals surface area contributed by atoms with E-state index in [1.54, 1.807) is 0 Å².